The fraction of sp³-hybridized carbons (Fsp3) is 0.111. The molecule has 0 N–H and O–H groups in total. The van der Waals surface area contributed by atoms with Gasteiger partial charge in [0.25, 0.3) is 0 Å². The summed E-state index contributed by atoms with van der Waals surface area (Å²) in [7, 11) is -2.70. The van der Waals surface area contributed by atoms with E-state index in [9.17, 15) is 13.2 Å². The van der Waals surface area contributed by atoms with Crippen molar-refractivity contribution in [2.75, 3.05) is 7.11 Å². The molecular formula is C27H23NO6S. The van der Waals surface area contributed by atoms with Crippen molar-refractivity contribution in [3.63, 3.8) is 0 Å². The topological polar surface area (TPSA) is 91.3 Å². The van der Waals surface area contributed by atoms with Gasteiger partial charge in [-0.3, -0.25) is 0 Å². The number of nitrogens with zero attached hydrogens (tertiary/aromatic N) is 1. The zero-order valence-electron chi connectivity index (χ0n) is 19.2. The summed E-state index contributed by atoms with van der Waals surface area (Å²) in [6.45, 7) is 5.62. The van der Waals surface area contributed by atoms with Crippen LogP contribution in [0, 0.1) is 6.92 Å². The molecule has 0 atom stereocenters. The highest BCUT2D eigenvalue weighted by Crippen LogP contribution is 2.37. The smallest absolute Gasteiger partial charge is 0.368 e. The molecule has 8 heteroatoms. The summed E-state index contributed by atoms with van der Waals surface area (Å²) >= 11 is 0. The number of methoxy groups -OCH3 is 1. The van der Waals surface area contributed by atoms with E-state index in [0.717, 1.165) is 11.1 Å². The van der Waals surface area contributed by atoms with Gasteiger partial charge in [0.2, 0.25) is 0 Å². The molecule has 1 heterocycles. The van der Waals surface area contributed by atoms with Crippen LogP contribution < -0.4 is 8.92 Å². The van der Waals surface area contributed by atoms with E-state index in [2.05, 4.69) is 11.7 Å². The molecule has 0 bridgehead atoms. The van der Waals surface area contributed by atoms with Crippen molar-refractivity contribution in [1.82, 2.24) is 0 Å². The first-order valence-corrected chi connectivity index (χ1v) is 12.1. The summed E-state index contributed by atoms with van der Waals surface area (Å²) < 4.78 is 36.9. The Bertz CT molecular complexity index is 1440. The van der Waals surface area contributed by atoms with Crippen molar-refractivity contribution >= 4 is 27.9 Å². The number of hydrogen-bond acceptors (Lipinski definition) is 7. The van der Waals surface area contributed by atoms with Crippen LogP contribution >= 0.6 is 0 Å². The Morgan fingerprint density at radius 3 is 2.43 bits per heavy atom. The van der Waals surface area contributed by atoms with Gasteiger partial charge in [0.05, 0.1) is 12.7 Å². The Morgan fingerprint density at radius 2 is 1.77 bits per heavy atom. The molecule has 0 aliphatic carbocycles. The van der Waals surface area contributed by atoms with Gasteiger partial charge in [-0.05, 0) is 49.2 Å². The van der Waals surface area contributed by atoms with Gasteiger partial charge in [-0.2, -0.15) is 8.42 Å². The largest absolute Gasteiger partial charge is 0.493 e. The highest BCUT2D eigenvalue weighted by atomic mass is 32.2. The van der Waals surface area contributed by atoms with Crippen LogP contribution in [-0.2, 0) is 26.2 Å². The van der Waals surface area contributed by atoms with Crippen molar-refractivity contribution in [1.29, 1.82) is 0 Å². The standard InChI is InChI=1S/C27H23NO6S/c1-4-8-21-15-19(16-23-25(28-33-27(23)29)20-9-6-5-7-10-20)17-24(32-3)26(21)34-35(30,31)22-13-11-18(2)12-14-22/h4-7,9-17H,1,8H2,2-3H3/b23-16-. The minimum Gasteiger partial charge on any atom is -0.493 e. The van der Waals surface area contributed by atoms with E-state index >= 15 is 0 Å². The number of ether oxygens (including phenoxy) is 1. The zero-order valence-corrected chi connectivity index (χ0v) is 20.0. The SMILES string of the molecule is C=CCc1cc(/C=C2\C(=O)ON=C2c2ccccc2)cc(OC)c1OS(=O)(=O)c1ccc(C)cc1. The number of oxime groups is 1. The maximum Gasteiger partial charge on any atom is 0.368 e. The third kappa shape index (κ3) is 5.17. The van der Waals surface area contributed by atoms with Gasteiger partial charge in [-0.25, -0.2) is 4.79 Å². The maximum atomic E-state index is 13.0. The molecule has 1 aliphatic rings. The summed E-state index contributed by atoms with van der Waals surface area (Å²) in [5, 5.41) is 3.92. The lowest BCUT2D eigenvalue weighted by Crippen LogP contribution is -2.12. The molecule has 1 aliphatic heterocycles. The monoisotopic (exact) mass is 489 g/mol. The summed E-state index contributed by atoms with van der Waals surface area (Å²) in [4.78, 5) is 17.3. The first-order valence-electron chi connectivity index (χ1n) is 10.7. The normalized spacial score (nSPS) is 14.4. The van der Waals surface area contributed by atoms with Gasteiger partial charge in [0, 0.05) is 11.1 Å². The van der Waals surface area contributed by atoms with E-state index in [1.807, 2.05) is 37.3 Å². The molecule has 3 aromatic carbocycles. The van der Waals surface area contributed by atoms with Crippen LogP contribution in [0.3, 0.4) is 0 Å². The molecule has 0 saturated heterocycles. The van der Waals surface area contributed by atoms with Crippen molar-refractivity contribution in [3.8, 4) is 11.5 Å². The van der Waals surface area contributed by atoms with Crippen molar-refractivity contribution in [2.24, 2.45) is 5.16 Å². The van der Waals surface area contributed by atoms with E-state index in [0.29, 0.717) is 23.3 Å². The molecule has 35 heavy (non-hydrogen) atoms. The number of rotatable bonds is 8. The molecule has 0 saturated carbocycles. The average Bonchev–Trinajstić information content (AvgIpc) is 3.21. The molecule has 3 aromatic rings. The van der Waals surface area contributed by atoms with Crippen LogP contribution in [0.25, 0.3) is 6.08 Å². The van der Waals surface area contributed by atoms with Crippen LogP contribution in [0.1, 0.15) is 22.3 Å². The second kappa shape index (κ2) is 9.99. The fourth-order valence-corrected chi connectivity index (χ4v) is 4.54. The quantitative estimate of drug-likeness (QED) is 0.195. The van der Waals surface area contributed by atoms with E-state index in [1.165, 1.54) is 19.2 Å². The number of hydrogen-bond donors (Lipinski definition) is 0. The van der Waals surface area contributed by atoms with Crippen molar-refractivity contribution in [2.45, 2.75) is 18.2 Å². The van der Waals surface area contributed by atoms with Gasteiger partial charge in [0.1, 0.15) is 10.6 Å². The summed E-state index contributed by atoms with van der Waals surface area (Å²) in [6.07, 6.45) is 3.54. The lowest BCUT2D eigenvalue weighted by atomic mass is 9.99. The van der Waals surface area contributed by atoms with Gasteiger partial charge in [-0.1, -0.05) is 59.3 Å². The molecule has 4 rings (SSSR count). The molecule has 0 unspecified atom stereocenters. The molecule has 0 fully saturated rings. The summed E-state index contributed by atoms with van der Waals surface area (Å²) in [5.41, 5.74) is 3.43. The van der Waals surface area contributed by atoms with Crippen molar-refractivity contribution < 1.29 is 27.0 Å². The lowest BCUT2D eigenvalue weighted by Gasteiger charge is -2.16. The van der Waals surface area contributed by atoms with E-state index in [1.54, 1.807) is 36.4 Å². The Morgan fingerprint density at radius 1 is 1.06 bits per heavy atom. The Hall–Kier alpha value is -4.17. The highest BCUT2D eigenvalue weighted by Gasteiger charge is 2.27. The third-order valence-corrected chi connectivity index (χ3v) is 6.53. The summed E-state index contributed by atoms with van der Waals surface area (Å²) in [5.74, 6) is -0.340. The van der Waals surface area contributed by atoms with Crippen LogP contribution in [0.5, 0.6) is 11.5 Å². The maximum absolute atomic E-state index is 13.0. The van der Waals surface area contributed by atoms with E-state index in [4.69, 9.17) is 13.8 Å². The van der Waals surface area contributed by atoms with Crippen LogP contribution in [-0.4, -0.2) is 27.2 Å². The molecular weight excluding hydrogens is 466 g/mol. The lowest BCUT2D eigenvalue weighted by molar-refractivity contribution is -0.136. The zero-order chi connectivity index (χ0) is 25.0. The molecule has 0 spiro atoms. The molecule has 0 aromatic heterocycles. The van der Waals surface area contributed by atoms with Gasteiger partial charge in [0.15, 0.2) is 11.5 Å². The van der Waals surface area contributed by atoms with Gasteiger partial charge in [-0.15, -0.1) is 6.58 Å². The predicted molar refractivity (Wildman–Crippen MR) is 133 cm³/mol. The highest BCUT2D eigenvalue weighted by molar-refractivity contribution is 7.87. The van der Waals surface area contributed by atoms with Crippen LogP contribution in [0.15, 0.2) is 95.0 Å². The number of allylic oxidation sites excluding steroid dienone is 1. The van der Waals surface area contributed by atoms with E-state index < -0.39 is 16.1 Å². The number of carbonyl (C=O) groups excluding carboxylic acids is 1. The van der Waals surface area contributed by atoms with Crippen molar-refractivity contribution in [3.05, 3.63) is 107 Å². The molecule has 7 nitrogen and oxygen atoms in total. The Labute approximate surface area is 204 Å². The second-order valence-electron chi connectivity index (χ2n) is 7.80. The fourth-order valence-electron chi connectivity index (χ4n) is 3.56. The predicted octanol–water partition coefficient (Wildman–Crippen LogP) is 4.84. The minimum absolute atomic E-state index is 0.0262. The van der Waals surface area contributed by atoms with Crippen LogP contribution in [0.4, 0.5) is 0 Å². The molecule has 0 amide bonds. The number of carbonyl (C=O) groups is 1. The average molecular weight is 490 g/mol. The third-order valence-electron chi connectivity index (χ3n) is 5.29. The minimum atomic E-state index is -4.12. The van der Waals surface area contributed by atoms with E-state index in [-0.39, 0.29) is 22.0 Å². The second-order valence-corrected chi connectivity index (χ2v) is 9.34. The number of aryl methyl sites for hydroxylation is 1. The van der Waals surface area contributed by atoms with Gasteiger partial charge >= 0.3 is 16.1 Å². The summed E-state index contributed by atoms with van der Waals surface area (Å²) in [6, 6.07) is 18.9. The van der Waals surface area contributed by atoms with Gasteiger partial charge < -0.3 is 13.8 Å². The molecule has 0 radical (unpaired) electrons. The van der Waals surface area contributed by atoms with Crippen LogP contribution in [0.2, 0.25) is 0 Å². The molecule has 178 valence electrons. The first-order chi connectivity index (χ1) is 16.8. The number of benzene rings is 3. The first kappa shape index (κ1) is 24.0. The Kier molecular flexibility index (Phi) is 6.84. The Balaban J connectivity index is 1.76.